The molecule has 0 aromatic heterocycles. The Bertz CT molecular complexity index is 1040. The number of amides is 1. The van der Waals surface area contributed by atoms with Crippen LogP contribution in [-0.2, 0) is 26.0 Å². The van der Waals surface area contributed by atoms with E-state index in [9.17, 15) is 13.2 Å². The average Bonchev–Trinajstić information content (AvgIpc) is 3.35. The number of hydrogen-bond donors (Lipinski definition) is 1. The summed E-state index contributed by atoms with van der Waals surface area (Å²) >= 11 is 0. The molecule has 4 rings (SSSR count). The van der Waals surface area contributed by atoms with Gasteiger partial charge in [-0.2, -0.15) is 4.31 Å². The minimum Gasteiger partial charge on any atom is -0.497 e. The molecule has 32 heavy (non-hydrogen) atoms. The van der Waals surface area contributed by atoms with Crippen LogP contribution in [0.4, 0.5) is 11.4 Å². The molecule has 2 aromatic carbocycles. The second-order valence-electron chi connectivity index (χ2n) is 7.96. The van der Waals surface area contributed by atoms with Crippen LogP contribution in [0.2, 0.25) is 0 Å². The lowest BCUT2D eigenvalue weighted by molar-refractivity contribution is -0.115. The zero-order valence-corrected chi connectivity index (χ0v) is 19.1. The van der Waals surface area contributed by atoms with Gasteiger partial charge < -0.3 is 19.7 Å². The van der Waals surface area contributed by atoms with Crippen LogP contribution in [0.3, 0.4) is 0 Å². The Morgan fingerprint density at radius 3 is 2.38 bits per heavy atom. The molecule has 0 aliphatic carbocycles. The summed E-state index contributed by atoms with van der Waals surface area (Å²) in [5.41, 5.74) is 2.23. The second kappa shape index (κ2) is 9.89. The van der Waals surface area contributed by atoms with Crippen molar-refractivity contribution in [2.75, 3.05) is 56.7 Å². The Labute approximate surface area is 189 Å². The highest BCUT2D eigenvalue weighted by atomic mass is 32.2. The molecule has 2 aromatic rings. The average molecular weight is 460 g/mol. The summed E-state index contributed by atoms with van der Waals surface area (Å²) in [5.74, 6) is 0.531. The van der Waals surface area contributed by atoms with Gasteiger partial charge in [-0.1, -0.05) is 12.1 Å². The number of carbonyl (C=O) groups excluding carboxylic acids is 1. The van der Waals surface area contributed by atoms with Crippen LogP contribution in [0.1, 0.15) is 18.4 Å². The Kier molecular flexibility index (Phi) is 6.98. The summed E-state index contributed by atoms with van der Waals surface area (Å²) in [6, 6.07) is 12.4. The summed E-state index contributed by atoms with van der Waals surface area (Å²) in [6.45, 7) is 3.20. The van der Waals surface area contributed by atoms with E-state index in [-0.39, 0.29) is 17.2 Å². The number of nitrogens with zero attached hydrogens (tertiary/aromatic N) is 2. The topological polar surface area (TPSA) is 88.2 Å². The summed E-state index contributed by atoms with van der Waals surface area (Å²) < 4.78 is 38.2. The van der Waals surface area contributed by atoms with Crippen LogP contribution in [-0.4, -0.2) is 65.1 Å². The molecule has 172 valence electrons. The van der Waals surface area contributed by atoms with Crippen LogP contribution < -0.4 is 15.0 Å². The molecule has 0 saturated carbocycles. The number of nitrogens with one attached hydrogen (secondary N) is 1. The lowest BCUT2D eigenvalue weighted by Crippen LogP contribution is -2.40. The first-order chi connectivity index (χ1) is 15.5. The fourth-order valence-corrected chi connectivity index (χ4v) is 5.50. The third-order valence-electron chi connectivity index (χ3n) is 5.82. The highest BCUT2D eigenvalue weighted by Crippen LogP contribution is 2.32. The lowest BCUT2D eigenvalue weighted by Gasteiger charge is -2.27. The molecule has 0 spiro atoms. The second-order valence-corrected chi connectivity index (χ2v) is 9.90. The van der Waals surface area contributed by atoms with Crippen molar-refractivity contribution in [3.8, 4) is 5.75 Å². The number of rotatable bonds is 7. The smallest absolute Gasteiger partial charge is 0.243 e. The molecular formula is C23H29N3O5S. The Hall–Kier alpha value is -2.62. The Balaban J connectivity index is 1.58. The van der Waals surface area contributed by atoms with Crippen LogP contribution in [0.25, 0.3) is 0 Å². The third kappa shape index (κ3) is 5.06. The monoisotopic (exact) mass is 459 g/mol. The zero-order chi connectivity index (χ0) is 22.6. The van der Waals surface area contributed by atoms with Crippen molar-refractivity contribution in [1.82, 2.24) is 4.31 Å². The van der Waals surface area contributed by atoms with Crippen molar-refractivity contribution < 1.29 is 22.7 Å². The highest BCUT2D eigenvalue weighted by Gasteiger charge is 2.28. The first kappa shape index (κ1) is 22.6. The molecule has 2 aliphatic rings. The molecule has 0 unspecified atom stereocenters. The molecule has 2 heterocycles. The summed E-state index contributed by atoms with van der Waals surface area (Å²) in [7, 11) is -2.06. The molecule has 1 N–H and O–H groups in total. The summed E-state index contributed by atoms with van der Waals surface area (Å²) in [6.07, 6.45) is 2.34. The van der Waals surface area contributed by atoms with Crippen molar-refractivity contribution in [2.24, 2.45) is 0 Å². The van der Waals surface area contributed by atoms with Gasteiger partial charge in [-0.3, -0.25) is 4.79 Å². The maximum absolute atomic E-state index is 13.1. The molecule has 9 heteroatoms. The lowest BCUT2D eigenvalue weighted by atomic mass is 10.1. The summed E-state index contributed by atoms with van der Waals surface area (Å²) in [5, 5.41) is 2.96. The van der Waals surface area contributed by atoms with Crippen LogP contribution in [0, 0.1) is 0 Å². The SMILES string of the molecule is COc1ccc(CC(=O)Nc2cc(S(=O)(=O)N3CCOCC3)ccc2N2CCCC2)cc1. The van der Waals surface area contributed by atoms with E-state index in [0.717, 1.165) is 42.9 Å². The number of morpholine rings is 1. The third-order valence-corrected chi connectivity index (χ3v) is 7.72. The van der Waals surface area contributed by atoms with Crippen LogP contribution >= 0.6 is 0 Å². The van der Waals surface area contributed by atoms with Gasteiger partial charge in [-0.25, -0.2) is 8.42 Å². The number of hydrogen-bond acceptors (Lipinski definition) is 6. The normalized spacial score (nSPS) is 17.3. The Morgan fingerprint density at radius 1 is 1.03 bits per heavy atom. The van der Waals surface area contributed by atoms with Crippen molar-refractivity contribution in [2.45, 2.75) is 24.2 Å². The predicted octanol–water partition coefficient (Wildman–Crippen LogP) is 2.50. The molecule has 0 atom stereocenters. The standard InChI is InChI=1S/C23H29N3O5S/c1-30-19-6-4-18(5-7-19)16-23(27)24-21-17-20(8-9-22(21)25-10-2-3-11-25)32(28,29)26-12-14-31-15-13-26/h4-9,17H,2-3,10-16H2,1H3,(H,24,27). The maximum Gasteiger partial charge on any atom is 0.243 e. The molecule has 2 fully saturated rings. The molecular weight excluding hydrogens is 430 g/mol. The van der Waals surface area contributed by atoms with E-state index < -0.39 is 10.0 Å². The van der Waals surface area contributed by atoms with E-state index >= 15 is 0 Å². The van der Waals surface area contributed by atoms with Gasteiger partial charge in [-0.05, 0) is 48.7 Å². The van der Waals surface area contributed by atoms with Crippen molar-refractivity contribution in [3.05, 3.63) is 48.0 Å². The minimum atomic E-state index is -3.66. The molecule has 1 amide bonds. The van der Waals surface area contributed by atoms with Gasteiger partial charge in [0.1, 0.15) is 5.75 Å². The van der Waals surface area contributed by atoms with E-state index in [1.807, 2.05) is 30.3 Å². The quantitative estimate of drug-likeness (QED) is 0.685. The maximum atomic E-state index is 13.1. The van der Waals surface area contributed by atoms with Crippen LogP contribution in [0.5, 0.6) is 5.75 Å². The van der Waals surface area contributed by atoms with Gasteiger partial charge in [0.2, 0.25) is 15.9 Å². The van der Waals surface area contributed by atoms with E-state index in [1.165, 1.54) is 4.31 Å². The molecule has 2 saturated heterocycles. The van der Waals surface area contributed by atoms with E-state index in [0.29, 0.717) is 32.0 Å². The van der Waals surface area contributed by atoms with E-state index in [2.05, 4.69) is 10.2 Å². The molecule has 0 bridgehead atoms. The number of anilines is 2. The zero-order valence-electron chi connectivity index (χ0n) is 18.2. The Morgan fingerprint density at radius 2 is 1.72 bits per heavy atom. The summed E-state index contributed by atoms with van der Waals surface area (Å²) in [4.78, 5) is 15.2. The van der Waals surface area contributed by atoms with E-state index in [4.69, 9.17) is 9.47 Å². The number of methoxy groups -OCH3 is 1. The number of sulfonamides is 1. The fraction of sp³-hybridized carbons (Fsp3) is 0.435. The van der Waals surface area contributed by atoms with Gasteiger partial charge in [0.05, 0.1) is 43.0 Å². The minimum absolute atomic E-state index is 0.182. The first-order valence-electron chi connectivity index (χ1n) is 10.9. The van der Waals surface area contributed by atoms with Gasteiger partial charge in [-0.15, -0.1) is 0 Å². The molecule has 8 nitrogen and oxygen atoms in total. The number of benzene rings is 2. The van der Waals surface area contributed by atoms with Crippen molar-refractivity contribution in [1.29, 1.82) is 0 Å². The van der Waals surface area contributed by atoms with E-state index in [1.54, 1.807) is 19.2 Å². The number of carbonyl (C=O) groups is 1. The van der Waals surface area contributed by atoms with Crippen molar-refractivity contribution in [3.63, 3.8) is 0 Å². The number of ether oxygens (including phenoxy) is 2. The van der Waals surface area contributed by atoms with Gasteiger partial charge in [0, 0.05) is 26.2 Å². The molecule has 0 radical (unpaired) electrons. The molecule has 2 aliphatic heterocycles. The first-order valence-corrected chi connectivity index (χ1v) is 12.3. The predicted molar refractivity (Wildman–Crippen MR) is 123 cm³/mol. The van der Waals surface area contributed by atoms with Gasteiger partial charge in [0.15, 0.2) is 0 Å². The van der Waals surface area contributed by atoms with Crippen LogP contribution in [0.15, 0.2) is 47.4 Å². The van der Waals surface area contributed by atoms with Crippen molar-refractivity contribution >= 4 is 27.3 Å². The fourth-order valence-electron chi connectivity index (χ4n) is 4.07. The highest BCUT2D eigenvalue weighted by molar-refractivity contribution is 7.89. The van der Waals surface area contributed by atoms with Gasteiger partial charge >= 0.3 is 0 Å². The van der Waals surface area contributed by atoms with Gasteiger partial charge in [0.25, 0.3) is 0 Å². The largest absolute Gasteiger partial charge is 0.497 e.